The lowest BCUT2D eigenvalue weighted by molar-refractivity contribution is -0.117. The smallest absolute Gasteiger partial charge is 0.259 e. The summed E-state index contributed by atoms with van der Waals surface area (Å²) in [5.41, 5.74) is 0.533. The predicted molar refractivity (Wildman–Crippen MR) is 107 cm³/mol. The molecule has 2 atom stereocenters. The number of amides is 1. The van der Waals surface area contributed by atoms with Gasteiger partial charge in [-0.15, -0.1) is 0 Å². The van der Waals surface area contributed by atoms with Crippen LogP contribution in [0.3, 0.4) is 0 Å². The molecule has 1 heterocycles. The van der Waals surface area contributed by atoms with E-state index in [4.69, 9.17) is 5.11 Å². The number of phenols is 1. The molecule has 0 bridgehead atoms. The molecule has 6 heteroatoms. The van der Waals surface area contributed by atoms with E-state index in [1.54, 1.807) is 30.4 Å². The number of nitrogens with one attached hydrogen (secondary N) is 1. The van der Waals surface area contributed by atoms with Gasteiger partial charge in [0.2, 0.25) is 0 Å². The van der Waals surface area contributed by atoms with E-state index in [1.165, 1.54) is 24.3 Å². The van der Waals surface area contributed by atoms with Crippen LogP contribution in [-0.4, -0.2) is 39.7 Å². The van der Waals surface area contributed by atoms with Crippen molar-refractivity contribution in [2.75, 3.05) is 6.61 Å². The average molecular weight is 383 g/mol. The Bertz CT molecular complexity index is 814. The summed E-state index contributed by atoms with van der Waals surface area (Å²) >= 11 is 0. The van der Waals surface area contributed by atoms with E-state index in [0.717, 1.165) is 12.0 Å². The molecule has 28 heavy (non-hydrogen) atoms. The Balaban J connectivity index is 2.01. The van der Waals surface area contributed by atoms with Crippen LogP contribution in [0.4, 0.5) is 0 Å². The van der Waals surface area contributed by atoms with Gasteiger partial charge < -0.3 is 20.6 Å². The summed E-state index contributed by atoms with van der Waals surface area (Å²) in [6.07, 6.45) is 11.0. The lowest BCUT2D eigenvalue weighted by Gasteiger charge is -2.07. The molecule has 1 amide bonds. The third kappa shape index (κ3) is 5.69. The molecule has 1 aliphatic rings. The van der Waals surface area contributed by atoms with Gasteiger partial charge in [0.1, 0.15) is 17.1 Å². The number of hydrogen-bond donors (Lipinski definition) is 4. The number of Topliss-reactive ketones (excluding diaryl/α,β-unsaturated/α-hetero) is 1. The van der Waals surface area contributed by atoms with E-state index < -0.39 is 17.7 Å². The van der Waals surface area contributed by atoms with Crippen LogP contribution in [0.5, 0.6) is 5.75 Å². The molecule has 1 aromatic rings. The number of hydrogen-bond acceptors (Lipinski definition) is 5. The molecule has 0 aromatic heterocycles. The van der Waals surface area contributed by atoms with Crippen LogP contribution >= 0.6 is 0 Å². The van der Waals surface area contributed by atoms with Gasteiger partial charge in [-0.1, -0.05) is 49.4 Å². The number of aliphatic hydroxyl groups excluding tert-OH is 2. The second-order valence-corrected chi connectivity index (χ2v) is 6.50. The molecule has 6 nitrogen and oxygen atoms in total. The van der Waals surface area contributed by atoms with E-state index in [9.17, 15) is 19.8 Å². The van der Waals surface area contributed by atoms with Crippen molar-refractivity contribution in [3.63, 3.8) is 0 Å². The Morgan fingerprint density at radius 1 is 1.14 bits per heavy atom. The predicted octanol–water partition coefficient (Wildman–Crippen LogP) is 2.50. The normalized spacial score (nSPS) is 20.4. The van der Waals surface area contributed by atoms with E-state index in [-0.39, 0.29) is 36.0 Å². The Labute approximate surface area is 164 Å². The molecule has 0 spiro atoms. The Morgan fingerprint density at radius 2 is 1.82 bits per heavy atom. The van der Waals surface area contributed by atoms with Crippen molar-refractivity contribution in [1.82, 2.24) is 5.32 Å². The average Bonchev–Trinajstić information content (AvgIpc) is 2.96. The molecule has 2 unspecified atom stereocenters. The summed E-state index contributed by atoms with van der Waals surface area (Å²) in [4.78, 5) is 24.5. The van der Waals surface area contributed by atoms with Crippen molar-refractivity contribution in [3.05, 3.63) is 77.6 Å². The maximum atomic E-state index is 12.5. The van der Waals surface area contributed by atoms with Crippen LogP contribution in [0, 0.1) is 5.92 Å². The van der Waals surface area contributed by atoms with Crippen LogP contribution < -0.4 is 5.32 Å². The zero-order chi connectivity index (χ0) is 20.5. The maximum Gasteiger partial charge on any atom is 0.259 e. The molecule has 1 aliphatic heterocycles. The molecule has 1 saturated heterocycles. The molecular formula is C22H25NO5. The zero-order valence-corrected chi connectivity index (χ0v) is 15.7. The van der Waals surface area contributed by atoms with Crippen LogP contribution in [0.25, 0.3) is 0 Å². The standard InChI is InChI=1S/C22H25NO5/c1-2-15(14-24)7-5-3-4-6-8-19(26)20-21(27)18(23-22(20)28)13-16-9-11-17(25)12-10-16/h3-12,15,18,24-26H,2,13-14H2,1H3,(H,23,28)/b4-3+,7-5+,8-6+,20-19-. The van der Waals surface area contributed by atoms with E-state index in [2.05, 4.69) is 5.32 Å². The lowest BCUT2D eigenvalue weighted by Crippen LogP contribution is -2.31. The number of carbonyl (C=O) groups excluding carboxylic acids is 2. The fraction of sp³-hybridized carbons (Fsp3) is 0.273. The van der Waals surface area contributed by atoms with Crippen molar-refractivity contribution in [2.24, 2.45) is 5.92 Å². The molecule has 0 aliphatic carbocycles. The highest BCUT2D eigenvalue weighted by molar-refractivity contribution is 6.27. The molecule has 148 valence electrons. The number of carbonyl (C=O) groups is 2. The maximum absolute atomic E-state index is 12.5. The molecule has 0 radical (unpaired) electrons. The Kier molecular flexibility index (Phi) is 7.77. The van der Waals surface area contributed by atoms with E-state index in [1.807, 2.05) is 13.0 Å². The number of phenolic OH excluding ortho intramolecular Hbond substituents is 1. The number of aliphatic hydroxyl groups is 2. The van der Waals surface area contributed by atoms with Crippen molar-refractivity contribution in [3.8, 4) is 5.75 Å². The van der Waals surface area contributed by atoms with Gasteiger partial charge in [0.05, 0.1) is 6.04 Å². The van der Waals surface area contributed by atoms with Crippen LogP contribution in [-0.2, 0) is 16.0 Å². The first-order valence-electron chi connectivity index (χ1n) is 9.14. The van der Waals surface area contributed by atoms with Gasteiger partial charge in [0.15, 0.2) is 5.78 Å². The molecule has 4 N–H and O–H groups in total. The summed E-state index contributed by atoms with van der Waals surface area (Å²) in [6, 6.07) is 5.63. The SMILES string of the molecule is CCC(/C=C/C=C/C=C/C(O)=C1/C(=O)NC(Cc2ccc(O)cc2)C1=O)CO. The summed E-state index contributed by atoms with van der Waals surface area (Å²) in [7, 11) is 0. The van der Waals surface area contributed by atoms with Crippen molar-refractivity contribution < 1.29 is 24.9 Å². The number of allylic oxidation sites excluding steroid dienone is 5. The van der Waals surface area contributed by atoms with Crippen molar-refractivity contribution >= 4 is 11.7 Å². The molecule has 0 saturated carbocycles. The van der Waals surface area contributed by atoms with Gasteiger partial charge in [-0.05, 0) is 36.1 Å². The minimum atomic E-state index is -0.745. The number of ketones is 1. The van der Waals surface area contributed by atoms with Crippen molar-refractivity contribution in [2.45, 2.75) is 25.8 Å². The number of benzene rings is 1. The molecule has 2 rings (SSSR count). The third-order valence-corrected chi connectivity index (χ3v) is 4.46. The first-order chi connectivity index (χ1) is 13.5. The summed E-state index contributed by atoms with van der Waals surface area (Å²) in [5, 5.41) is 31.1. The van der Waals surface area contributed by atoms with Gasteiger partial charge in [0, 0.05) is 13.0 Å². The fourth-order valence-corrected chi connectivity index (χ4v) is 2.74. The van der Waals surface area contributed by atoms with Crippen LogP contribution in [0.15, 0.2) is 72.1 Å². The van der Waals surface area contributed by atoms with E-state index in [0.29, 0.717) is 0 Å². The van der Waals surface area contributed by atoms with Gasteiger partial charge in [0.25, 0.3) is 5.91 Å². The Morgan fingerprint density at radius 3 is 2.46 bits per heavy atom. The minimum Gasteiger partial charge on any atom is -0.508 e. The quantitative estimate of drug-likeness (QED) is 0.239. The Hall–Kier alpha value is -3.12. The summed E-state index contributed by atoms with van der Waals surface area (Å²) in [6.45, 7) is 2.07. The van der Waals surface area contributed by atoms with Crippen LogP contribution in [0.1, 0.15) is 18.9 Å². The first kappa shape index (κ1) is 21.2. The highest BCUT2D eigenvalue weighted by Crippen LogP contribution is 2.19. The highest BCUT2D eigenvalue weighted by Gasteiger charge is 2.37. The zero-order valence-electron chi connectivity index (χ0n) is 15.7. The van der Waals surface area contributed by atoms with E-state index >= 15 is 0 Å². The number of aromatic hydroxyl groups is 1. The van der Waals surface area contributed by atoms with Crippen molar-refractivity contribution in [1.29, 1.82) is 0 Å². The van der Waals surface area contributed by atoms with Gasteiger partial charge in [-0.25, -0.2) is 0 Å². The lowest BCUT2D eigenvalue weighted by atomic mass is 10.0. The number of rotatable bonds is 8. The molecule has 1 aromatic carbocycles. The topological polar surface area (TPSA) is 107 Å². The van der Waals surface area contributed by atoms with Gasteiger partial charge in [-0.2, -0.15) is 0 Å². The highest BCUT2D eigenvalue weighted by atomic mass is 16.3. The minimum absolute atomic E-state index is 0.0894. The van der Waals surface area contributed by atoms with Gasteiger partial charge in [-0.3, -0.25) is 9.59 Å². The summed E-state index contributed by atoms with van der Waals surface area (Å²) in [5.74, 6) is -1.22. The summed E-state index contributed by atoms with van der Waals surface area (Å²) < 4.78 is 0. The molecule has 1 fully saturated rings. The second kappa shape index (κ2) is 10.3. The monoisotopic (exact) mass is 383 g/mol. The first-order valence-corrected chi connectivity index (χ1v) is 9.14. The molecular weight excluding hydrogens is 358 g/mol. The van der Waals surface area contributed by atoms with Crippen LogP contribution in [0.2, 0.25) is 0 Å². The second-order valence-electron chi connectivity index (χ2n) is 6.50. The fourth-order valence-electron chi connectivity index (χ4n) is 2.74. The van der Waals surface area contributed by atoms with Gasteiger partial charge >= 0.3 is 0 Å². The largest absolute Gasteiger partial charge is 0.508 e. The third-order valence-electron chi connectivity index (χ3n) is 4.46.